The van der Waals surface area contributed by atoms with Gasteiger partial charge in [0.25, 0.3) is 11.8 Å². The molecule has 0 bridgehead atoms. The van der Waals surface area contributed by atoms with Crippen LogP contribution >= 0.6 is 23.1 Å². The summed E-state index contributed by atoms with van der Waals surface area (Å²) in [5, 5.41) is 9.94. The summed E-state index contributed by atoms with van der Waals surface area (Å²) in [7, 11) is 0. The van der Waals surface area contributed by atoms with E-state index in [1.54, 1.807) is 0 Å². The summed E-state index contributed by atoms with van der Waals surface area (Å²) in [5.41, 5.74) is 0. The fraction of sp³-hybridized carbons (Fsp3) is 0. The first-order valence-corrected chi connectivity index (χ1v) is 4.95. The highest BCUT2D eigenvalue weighted by Crippen LogP contribution is 2.10. The van der Waals surface area contributed by atoms with Crippen LogP contribution in [0.4, 0.5) is 4.79 Å². The smallest absolute Gasteiger partial charge is 0.373 e. The van der Waals surface area contributed by atoms with Crippen LogP contribution in [-0.4, -0.2) is 25.3 Å². The lowest BCUT2D eigenvalue weighted by atomic mass is 10.9. The van der Waals surface area contributed by atoms with Gasteiger partial charge in [0, 0.05) is 0 Å². The molecule has 2 rings (SSSR count). The summed E-state index contributed by atoms with van der Waals surface area (Å²) < 4.78 is 16.3. The van der Waals surface area contributed by atoms with E-state index in [0.717, 1.165) is 23.1 Å². The molecule has 0 aliphatic carbocycles. The van der Waals surface area contributed by atoms with Crippen LogP contribution in [0.1, 0.15) is 0 Å². The average Bonchev–Trinajstić information content (AvgIpc) is 2.76. The van der Waals surface area contributed by atoms with Crippen molar-refractivity contribution in [2.24, 2.45) is 0 Å². The van der Waals surface area contributed by atoms with Crippen LogP contribution in [0.5, 0.6) is 11.8 Å². The number of ether oxygens (including phenoxy) is 2. The Morgan fingerprint density at radius 1 is 1.07 bits per heavy atom. The van der Waals surface area contributed by atoms with E-state index in [1.165, 1.54) is 10.8 Å². The summed E-state index contributed by atoms with van der Waals surface area (Å²) in [6, 6.07) is 0. The highest BCUT2D eigenvalue weighted by atomic mass is 32.1. The number of rotatable bonds is 2. The third-order valence-electron chi connectivity index (χ3n) is 1.06. The van der Waals surface area contributed by atoms with Crippen LogP contribution in [0.15, 0.2) is 10.8 Å². The molecule has 0 atom stereocenters. The van der Waals surface area contributed by atoms with Crippen molar-refractivity contribution in [2.45, 2.75) is 0 Å². The van der Waals surface area contributed by atoms with E-state index in [2.05, 4.69) is 28.6 Å². The van der Waals surface area contributed by atoms with Gasteiger partial charge in [-0.25, -0.2) is 4.79 Å². The first-order chi connectivity index (χ1) is 6.84. The molecule has 0 amide bonds. The van der Waals surface area contributed by atoms with Crippen molar-refractivity contribution >= 4 is 29.2 Å². The third-order valence-corrected chi connectivity index (χ3v) is 2.02. The van der Waals surface area contributed by atoms with Crippen LogP contribution in [0.3, 0.4) is 0 Å². The summed E-state index contributed by atoms with van der Waals surface area (Å²) in [6.45, 7) is 0. The van der Waals surface area contributed by atoms with Gasteiger partial charge in [0.2, 0.25) is 0 Å². The predicted molar refractivity (Wildman–Crippen MR) is 46.5 cm³/mol. The molecule has 0 radical (unpaired) electrons. The van der Waals surface area contributed by atoms with E-state index in [0.29, 0.717) is 0 Å². The number of aromatic nitrogens is 4. The molecule has 7 nitrogen and oxygen atoms in total. The van der Waals surface area contributed by atoms with Crippen LogP contribution in [-0.2, 0) is 0 Å². The molecule has 0 saturated carbocycles. The molecule has 2 aromatic rings. The highest BCUT2D eigenvalue weighted by molar-refractivity contribution is 7.03. The lowest BCUT2D eigenvalue weighted by molar-refractivity contribution is 0.148. The summed E-state index contributed by atoms with van der Waals surface area (Å²) in [4.78, 5) is 11.0. The van der Waals surface area contributed by atoms with Crippen molar-refractivity contribution in [3.05, 3.63) is 10.8 Å². The Balaban J connectivity index is 1.91. The lowest BCUT2D eigenvalue weighted by Gasteiger charge is -1.97. The Labute approximate surface area is 85.6 Å². The predicted octanol–water partition coefficient (Wildman–Crippen LogP) is 0.967. The minimum Gasteiger partial charge on any atom is -0.373 e. The number of hydrogen-bond donors (Lipinski definition) is 0. The second-order valence-corrected chi connectivity index (χ2v) is 3.16. The number of carbonyl (C=O) groups is 1. The van der Waals surface area contributed by atoms with E-state index in [4.69, 9.17) is 0 Å². The average molecular weight is 230 g/mol. The van der Waals surface area contributed by atoms with Gasteiger partial charge < -0.3 is 9.47 Å². The van der Waals surface area contributed by atoms with Gasteiger partial charge in [0.05, 0.1) is 10.8 Å². The zero-order chi connectivity index (χ0) is 9.80. The summed E-state index contributed by atoms with van der Waals surface area (Å²) in [6.07, 6.45) is -0.912. The van der Waals surface area contributed by atoms with Crippen molar-refractivity contribution in [3.63, 3.8) is 0 Å². The topological polar surface area (TPSA) is 87.1 Å². The maximum Gasteiger partial charge on any atom is 0.522 e. The van der Waals surface area contributed by atoms with E-state index >= 15 is 0 Å². The summed E-state index contributed by atoms with van der Waals surface area (Å²) >= 11 is 2.14. The first kappa shape index (κ1) is 8.97. The molecule has 9 heteroatoms. The van der Waals surface area contributed by atoms with E-state index in [-0.39, 0.29) is 11.8 Å². The normalized spacial score (nSPS) is 9.71. The lowest BCUT2D eigenvalue weighted by Crippen LogP contribution is -2.14. The minimum absolute atomic E-state index is 0.100. The van der Waals surface area contributed by atoms with Gasteiger partial charge in [0.15, 0.2) is 0 Å². The van der Waals surface area contributed by atoms with Crippen molar-refractivity contribution in [1.82, 2.24) is 19.2 Å². The maximum absolute atomic E-state index is 11.0. The summed E-state index contributed by atoms with van der Waals surface area (Å²) in [5.74, 6) is 0.200. The molecular weight excluding hydrogens is 228 g/mol. The van der Waals surface area contributed by atoms with Gasteiger partial charge in [-0.15, -0.1) is 0 Å². The van der Waals surface area contributed by atoms with Gasteiger partial charge in [-0.3, -0.25) is 0 Å². The number of nitrogens with zero attached hydrogens (tertiary/aromatic N) is 4. The largest absolute Gasteiger partial charge is 0.522 e. The second kappa shape index (κ2) is 4.07. The van der Waals surface area contributed by atoms with E-state index < -0.39 is 6.16 Å². The Bertz CT molecular complexity index is 362. The van der Waals surface area contributed by atoms with Crippen molar-refractivity contribution in [1.29, 1.82) is 0 Å². The molecule has 0 aliphatic rings. The molecule has 0 aliphatic heterocycles. The second-order valence-electron chi connectivity index (χ2n) is 1.94. The molecule has 72 valence electrons. The number of carbonyl (C=O) groups excluding carboxylic acids is 1. The minimum atomic E-state index is -0.912. The third kappa shape index (κ3) is 2.20. The van der Waals surface area contributed by atoms with Gasteiger partial charge >= 0.3 is 6.16 Å². The molecule has 2 heterocycles. The number of hydrogen-bond acceptors (Lipinski definition) is 9. The van der Waals surface area contributed by atoms with Crippen molar-refractivity contribution in [2.75, 3.05) is 0 Å². The molecule has 14 heavy (non-hydrogen) atoms. The van der Waals surface area contributed by atoms with Crippen molar-refractivity contribution < 1.29 is 14.3 Å². The molecular formula is C5H2N4O3S2. The molecule has 0 N–H and O–H groups in total. The zero-order valence-electron chi connectivity index (χ0n) is 6.48. The SMILES string of the molecule is O=C(Oc1csnn1)Oc1csnn1. The Hall–Kier alpha value is -1.61. The molecule has 0 spiro atoms. The highest BCUT2D eigenvalue weighted by Gasteiger charge is 2.10. The fourth-order valence-electron chi connectivity index (χ4n) is 0.593. The Morgan fingerprint density at radius 2 is 1.57 bits per heavy atom. The molecule has 0 unspecified atom stereocenters. The van der Waals surface area contributed by atoms with E-state index in [9.17, 15) is 4.79 Å². The van der Waals surface area contributed by atoms with Gasteiger partial charge in [0.1, 0.15) is 0 Å². The quantitative estimate of drug-likeness (QED) is 0.710. The van der Waals surface area contributed by atoms with Gasteiger partial charge in [-0.2, -0.15) is 0 Å². The molecule has 0 saturated heterocycles. The Morgan fingerprint density at radius 3 is 1.93 bits per heavy atom. The van der Waals surface area contributed by atoms with Gasteiger partial charge in [-0.1, -0.05) is 19.2 Å². The van der Waals surface area contributed by atoms with Gasteiger partial charge in [-0.05, 0) is 23.1 Å². The molecule has 0 fully saturated rings. The van der Waals surface area contributed by atoms with Crippen LogP contribution in [0.2, 0.25) is 0 Å². The standard InChI is InChI=1S/C5H2N4O3S2/c10-5(11-3-1-13-8-6-3)12-4-2-14-9-7-4/h1-2H. The van der Waals surface area contributed by atoms with Crippen LogP contribution in [0, 0.1) is 0 Å². The van der Waals surface area contributed by atoms with Crippen LogP contribution < -0.4 is 9.47 Å². The van der Waals surface area contributed by atoms with E-state index in [1.807, 2.05) is 0 Å². The first-order valence-electron chi connectivity index (χ1n) is 3.28. The molecule has 0 aromatic carbocycles. The Kier molecular flexibility index (Phi) is 2.60. The monoisotopic (exact) mass is 230 g/mol. The zero-order valence-corrected chi connectivity index (χ0v) is 8.12. The van der Waals surface area contributed by atoms with Crippen LogP contribution in [0.25, 0.3) is 0 Å². The van der Waals surface area contributed by atoms with Crippen molar-refractivity contribution in [3.8, 4) is 11.8 Å². The maximum atomic E-state index is 11.0. The fourth-order valence-corrected chi connectivity index (χ4v) is 1.31. The molecule has 2 aromatic heterocycles.